The standard InChI is InChI=1S/C7H14O3/c1-2-7(3-9-4-7)5-10-6-8/h8H,2-6H2,1H3. The minimum atomic E-state index is -0.179. The van der Waals surface area contributed by atoms with Crippen molar-refractivity contribution in [1.29, 1.82) is 0 Å². The van der Waals surface area contributed by atoms with Gasteiger partial charge in [0.1, 0.15) is 6.79 Å². The molecule has 3 heteroatoms. The largest absolute Gasteiger partial charge is 0.380 e. The van der Waals surface area contributed by atoms with E-state index in [4.69, 9.17) is 14.6 Å². The van der Waals surface area contributed by atoms with Crippen LogP contribution in [0.25, 0.3) is 0 Å². The summed E-state index contributed by atoms with van der Waals surface area (Å²) in [7, 11) is 0. The first-order valence-corrected chi connectivity index (χ1v) is 3.59. The van der Waals surface area contributed by atoms with E-state index in [2.05, 4.69) is 6.92 Å². The van der Waals surface area contributed by atoms with Crippen molar-refractivity contribution in [2.24, 2.45) is 5.41 Å². The highest BCUT2D eigenvalue weighted by Gasteiger charge is 2.36. The van der Waals surface area contributed by atoms with Gasteiger partial charge >= 0.3 is 0 Å². The van der Waals surface area contributed by atoms with E-state index < -0.39 is 0 Å². The molecule has 1 aliphatic rings. The summed E-state index contributed by atoms with van der Waals surface area (Å²) in [5.74, 6) is 0. The Morgan fingerprint density at radius 1 is 1.60 bits per heavy atom. The van der Waals surface area contributed by atoms with Crippen molar-refractivity contribution < 1.29 is 14.6 Å². The molecule has 1 fully saturated rings. The lowest BCUT2D eigenvalue weighted by Crippen LogP contribution is -2.45. The summed E-state index contributed by atoms with van der Waals surface area (Å²) in [6.07, 6.45) is 1.06. The minimum absolute atomic E-state index is 0.179. The first kappa shape index (κ1) is 7.98. The third-order valence-electron chi connectivity index (χ3n) is 2.07. The van der Waals surface area contributed by atoms with Gasteiger partial charge in [0.15, 0.2) is 0 Å². The molecule has 1 aliphatic heterocycles. The highest BCUT2D eigenvalue weighted by molar-refractivity contribution is 4.83. The van der Waals surface area contributed by atoms with Crippen molar-refractivity contribution in [2.45, 2.75) is 13.3 Å². The summed E-state index contributed by atoms with van der Waals surface area (Å²) in [6.45, 7) is 4.12. The van der Waals surface area contributed by atoms with Crippen molar-refractivity contribution in [1.82, 2.24) is 0 Å². The molecule has 0 atom stereocenters. The molecule has 0 amide bonds. The summed E-state index contributed by atoms with van der Waals surface area (Å²) in [4.78, 5) is 0. The molecule has 0 aromatic heterocycles. The summed E-state index contributed by atoms with van der Waals surface area (Å²) in [5, 5.41) is 8.38. The fraction of sp³-hybridized carbons (Fsp3) is 1.00. The van der Waals surface area contributed by atoms with Crippen LogP contribution in [0.1, 0.15) is 13.3 Å². The fourth-order valence-corrected chi connectivity index (χ4v) is 1.04. The topological polar surface area (TPSA) is 38.7 Å². The monoisotopic (exact) mass is 146 g/mol. The lowest BCUT2D eigenvalue weighted by Gasteiger charge is -2.40. The molecule has 60 valence electrons. The van der Waals surface area contributed by atoms with E-state index in [-0.39, 0.29) is 12.2 Å². The summed E-state index contributed by atoms with van der Waals surface area (Å²) < 4.78 is 9.97. The van der Waals surface area contributed by atoms with Crippen molar-refractivity contribution >= 4 is 0 Å². The van der Waals surface area contributed by atoms with E-state index in [0.29, 0.717) is 6.61 Å². The van der Waals surface area contributed by atoms with Gasteiger partial charge in [-0.25, -0.2) is 0 Å². The zero-order chi connectivity index (χ0) is 7.45. The predicted octanol–water partition coefficient (Wildman–Crippen LogP) is 0.379. The highest BCUT2D eigenvalue weighted by Crippen LogP contribution is 2.31. The Bertz CT molecular complexity index is 93.5. The van der Waals surface area contributed by atoms with E-state index in [1.54, 1.807) is 0 Å². The average Bonchev–Trinajstić information content (AvgIpc) is 1.87. The van der Waals surface area contributed by atoms with Gasteiger partial charge in [0.2, 0.25) is 0 Å². The Morgan fingerprint density at radius 3 is 2.60 bits per heavy atom. The molecule has 1 saturated heterocycles. The highest BCUT2D eigenvalue weighted by atomic mass is 16.6. The smallest absolute Gasteiger partial charge is 0.143 e. The number of ether oxygens (including phenoxy) is 2. The van der Waals surface area contributed by atoms with Gasteiger partial charge < -0.3 is 14.6 Å². The Balaban J connectivity index is 2.20. The van der Waals surface area contributed by atoms with Crippen LogP contribution in [0.5, 0.6) is 0 Å². The van der Waals surface area contributed by atoms with Gasteiger partial charge in [-0.2, -0.15) is 0 Å². The maximum Gasteiger partial charge on any atom is 0.143 e. The molecule has 0 aromatic carbocycles. The molecule has 0 aromatic rings. The molecular weight excluding hydrogens is 132 g/mol. The lowest BCUT2D eigenvalue weighted by atomic mass is 9.84. The number of hydrogen-bond acceptors (Lipinski definition) is 3. The summed E-state index contributed by atoms with van der Waals surface area (Å²) >= 11 is 0. The third kappa shape index (κ3) is 1.48. The second kappa shape index (κ2) is 3.32. The first-order chi connectivity index (χ1) is 4.83. The number of rotatable bonds is 4. The maximum absolute atomic E-state index is 8.38. The van der Waals surface area contributed by atoms with Gasteiger partial charge in [-0.05, 0) is 6.42 Å². The minimum Gasteiger partial charge on any atom is -0.380 e. The zero-order valence-electron chi connectivity index (χ0n) is 6.30. The van der Waals surface area contributed by atoms with E-state index >= 15 is 0 Å². The summed E-state index contributed by atoms with van der Waals surface area (Å²) in [5.41, 5.74) is 0.211. The van der Waals surface area contributed by atoms with E-state index in [1.807, 2.05) is 0 Å². The van der Waals surface area contributed by atoms with Gasteiger partial charge in [0.05, 0.1) is 19.8 Å². The molecule has 1 heterocycles. The van der Waals surface area contributed by atoms with Crippen LogP contribution in [0.15, 0.2) is 0 Å². The number of aliphatic hydroxyl groups is 1. The van der Waals surface area contributed by atoms with Crippen LogP contribution in [0.3, 0.4) is 0 Å². The molecule has 10 heavy (non-hydrogen) atoms. The van der Waals surface area contributed by atoms with Gasteiger partial charge in [0, 0.05) is 5.41 Å². The second-order valence-electron chi connectivity index (χ2n) is 2.82. The van der Waals surface area contributed by atoms with Crippen molar-refractivity contribution in [3.8, 4) is 0 Å². The molecular formula is C7H14O3. The maximum atomic E-state index is 8.38. The van der Waals surface area contributed by atoms with Crippen LogP contribution in [0.2, 0.25) is 0 Å². The number of hydrogen-bond donors (Lipinski definition) is 1. The predicted molar refractivity (Wildman–Crippen MR) is 36.6 cm³/mol. The van der Waals surface area contributed by atoms with Gasteiger partial charge in [-0.3, -0.25) is 0 Å². The van der Waals surface area contributed by atoms with Gasteiger partial charge in [-0.15, -0.1) is 0 Å². The zero-order valence-corrected chi connectivity index (χ0v) is 6.30. The van der Waals surface area contributed by atoms with Crippen LogP contribution in [-0.2, 0) is 9.47 Å². The summed E-state index contributed by atoms with van der Waals surface area (Å²) in [6, 6.07) is 0. The molecule has 0 radical (unpaired) electrons. The Morgan fingerprint density at radius 2 is 2.30 bits per heavy atom. The Labute approximate surface area is 60.9 Å². The van der Waals surface area contributed by atoms with E-state index in [0.717, 1.165) is 19.6 Å². The van der Waals surface area contributed by atoms with E-state index in [1.165, 1.54) is 0 Å². The van der Waals surface area contributed by atoms with Crippen LogP contribution < -0.4 is 0 Å². The molecule has 0 saturated carbocycles. The SMILES string of the molecule is CCC1(COCO)COC1. The second-order valence-corrected chi connectivity index (χ2v) is 2.82. The van der Waals surface area contributed by atoms with Crippen molar-refractivity contribution in [3.05, 3.63) is 0 Å². The van der Waals surface area contributed by atoms with Crippen LogP contribution >= 0.6 is 0 Å². The molecule has 0 unspecified atom stereocenters. The molecule has 3 nitrogen and oxygen atoms in total. The van der Waals surface area contributed by atoms with Gasteiger partial charge in [-0.1, -0.05) is 6.92 Å². The van der Waals surface area contributed by atoms with Crippen molar-refractivity contribution in [2.75, 3.05) is 26.6 Å². The van der Waals surface area contributed by atoms with E-state index in [9.17, 15) is 0 Å². The lowest BCUT2D eigenvalue weighted by molar-refractivity contribution is -0.165. The molecule has 1 N–H and O–H groups in total. The number of aliphatic hydroxyl groups excluding tert-OH is 1. The quantitative estimate of drug-likeness (QED) is 0.583. The Kier molecular flexibility index (Phi) is 2.65. The molecule has 0 bridgehead atoms. The normalized spacial score (nSPS) is 22.2. The van der Waals surface area contributed by atoms with Crippen molar-refractivity contribution in [3.63, 3.8) is 0 Å². The average molecular weight is 146 g/mol. The third-order valence-corrected chi connectivity index (χ3v) is 2.07. The fourth-order valence-electron chi connectivity index (χ4n) is 1.04. The van der Waals surface area contributed by atoms with Crippen LogP contribution in [-0.4, -0.2) is 31.7 Å². The van der Waals surface area contributed by atoms with Crippen LogP contribution in [0, 0.1) is 5.41 Å². The molecule has 1 rings (SSSR count). The van der Waals surface area contributed by atoms with Crippen LogP contribution in [0.4, 0.5) is 0 Å². The first-order valence-electron chi connectivity index (χ1n) is 3.59. The molecule has 0 aliphatic carbocycles. The molecule has 0 spiro atoms. The Hall–Kier alpha value is -0.120. The van der Waals surface area contributed by atoms with Gasteiger partial charge in [0.25, 0.3) is 0 Å².